The summed E-state index contributed by atoms with van der Waals surface area (Å²) in [6.45, 7) is 2.44. The predicted octanol–water partition coefficient (Wildman–Crippen LogP) is 3.75. The van der Waals surface area contributed by atoms with Gasteiger partial charge in [-0.05, 0) is 37.5 Å². The summed E-state index contributed by atoms with van der Waals surface area (Å²) in [5.41, 5.74) is 1.89. The number of nitrogens with one attached hydrogen (secondary N) is 1. The Bertz CT molecular complexity index is 1050. The van der Waals surface area contributed by atoms with Gasteiger partial charge in [0.25, 0.3) is 11.5 Å². The Morgan fingerprint density at radius 2 is 1.86 bits per heavy atom. The number of carbonyl (C=O) groups excluding carboxylic acids is 1. The third-order valence-corrected chi connectivity index (χ3v) is 5.28. The molecule has 0 radical (unpaired) electrons. The van der Waals surface area contributed by atoms with Crippen molar-refractivity contribution in [1.82, 2.24) is 19.6 Å². The van der Waals surface area contributed by atoms with Gasteiger partial charge in [0.2, 0.25) is 0 Å². The molecule has 0 saturated heterocycles. The molecular formula is C22H25N5O2. The smallest absolute Gasteiger partial charge is 0.277 e. The molecule has 1 amide bonds. The SMILES string of the molecule is CCCn1nc(C(=O)Nc2cc(C3CCCC3)nn2-c2ccccc2)ccc1=O. The lowest BCUT2D eigenvalue weighted by Crippen LogP contribution is -2.26. The monoisotopic (exact) mass is 391 g/mol. The maximum absolute atomic E-state index is 12.9. The van der Waals surface area contributed by atoms with Crippen LogP contribution in [0.15, 0.2) is 53.3 Å². The number of carbonyl (C=O) groups is 1. The van der Waals surface area contributed by atoms with Gasteiger partial charge in [0.05, 0.1) is 11.4 Å². The first-order valence-corrected chi connectivity index (χ1v) is 10.2. The number of anilines is 1. The van der Waals surface area contributed by atoms with Crippen LogP contribution in [0.1, 0.15) is 61.1 Å². The van der Waals surface area contributed by atoms with Gasteiger partial charge in [0.1, 0.15) is 11.5 Å². The third-order valence-electron chi connectivity index (χ3n) is 5.28. The van der Waals surface area contributed by atoms with Gasteiger partial charge in [-0.3, -0.25) is 9.59 Å². The van der Waals surface area contributed by atoms with Gasteiger partial charge in [-0.25, -0.2) is 9.36 Å². The quantitative estimate of drug-likeness (QED) is 0.694. The van der Waals surface area contributed by atoms with E-state index in [1.165, 1.54) is 29.7 Å². The number of benzene rings is 1. The second-order valence-corrected chi connectivity index (χ2v) is 7.42. The molecule has 0 bridgehead atoms. The Morgan fingerprint density at radius 3 is 2.59 bits per heavy atom. The van der Waals surface area contributed by atoms with Crippen LogP contribution in [0.3, 0.4) is 0 Å². The zero-order valence-corrected chi connectivity index (χ0v) is 16.5. The van der Waals surface area contributed by atoms with E-state index in [-0.39, 0.29) is 17.2 Å². The van der Waals surface area contributed by atoms with Gasteiger partial charge in [-0.15, -0.1) is 0 Å². The van der Waals surface area contributed by atoms with Crippen LogP contribution >= 0.6 is 0 Å². The summed E-state index contributed by atoms with van der Waals surface area (Å²) in [5, 5.41) is 11.9. The summed E-state index contributed by atoms with van der Waals surface area (Å²) in [7, 11) is 0. The van der Waals surface area contributed by atoms with Crippen molar-refractivity contribution in [3.8, 4) is 5.69 Å². The lowest BCUT2D eigenvalue weighted by Gasteiger charge is -2.09. The van der Waals surface area contributed by atoms with Gasteiger partial charge in [0, 0.05) is 24.6 Å². The third kappa shape index (κ3) is 4.13. The van der Waals surface area contributed by atoms with Crippen LogP contribution < -0.4 is 10.9 Å². The minimum atomic E-state index is -0.357. The molecule has 0 unspecified atom stereocenters. The fourth-order valence-electron chi connectivity index (χ4n) is 3.80. The summed E-state index contributed by atoms with van der Waals surface area (Å²) in [6, 6.07) is 14.6. The van der Waals surface area contributed by atoms with E-state index in [4.69, 9.17) is 5.10 Å². The molecule has 1 aromatic carbocycles. The topological polar surface area (TPSA) is 81.8 Å². The van der Waals surface area contributed by atoms with E-state index in [1.807, 2.05) is 43.3 Å². The first kappa shape index (κ1) is 19.1. The molecule has 150 valence electrons. The minimum absolute atomic E-state index is 0.207. The van der Waals surface area contributed by atoms with Crippen molar-refractivity contribution in [2.24, 2.45) is 0 Å². The highest BCUT2D eigenvalue weighted by molar-refractivity contribution is 6.02. The second kappa shape index (κ2) is 8.43. The van der Waals surface area contributed by atoms with Crippen LogP contribution in [0.5, 0.6) is 0 Å². The molecule has 0 spiro atoms. The summed E-state index contributed by atoms with van der Waals surface area (Å²) in [6.07, 6.45) is 5.45. The number of nitrogens with zero attached hydrogens (tertiary/aromatic N) is 4. The van der Waals surface area contributed by atoms with E-state index in [0.717, 1.165) is 30.6 Å². The standard InChI is InChI=1S/C22H25N5O2/c1-2-14-26-21(28)13-12-18(24-26)22(29)23-20-15-19(16-8-6-7-9-16)25-27(20)17-10-4-3-5-11-17/h3-5,10-13,15-16H,2,6-9,14H2,1H3,(H,23,29). The van der Waals surface area contributed by atoms with Crippen molar-refractivity contribution >= 4 is 11.7 Å². The van der Waals surface area contributed by atoms with E-state index in [0.29, 0.717) is 18.3 Å². The van der Waals surface area contributed by atoms with E-state index in [2.05, 4.69) is 10.4 Å². The Balaban J connectivity index is 1.66. The molecule has 1 aliphatic carbocycles. The first-order chi connectivity index (χ1) is 14.2. The molecule has 7 heteroatoms. The van der Waals surface area contributed by atoms with E-state index < -0.39 is 0 Å². The van der Waals surface area contributed by atoms with Gasteiger partial charge in [0.15, 0.2) is 0 Å². The Labute approximate surface area is 169 Å². The molecule has 2 aromatic heterocycles. The van der Waals surface area contributed by atoms with Crippen LogP contribution in [0.25, 0.3) is 5.69 Å². The number of para-hydroxylation sites is 1. The van der Waals surface area contributed by atoms with Gasteiger partial charge < -0.3 is 5.32 Å². The molecule has 2 heterocycles. The number of aryl methyl sites for hydroxylation is 1. The van der Waals surface area contributed by atoms with Crippen LogP contribution in [-0.4, -0.2) is 25.5 Å². The first-order valence-electron chi connectivity index (χ1n) is 10.2. The zero-order valence-electron chi connectivity index (χ0n) is 16.5. The highest BCUT2D eigenvalue weighted by Gasteiger charge is 2.23. The van der Waals surface area contributed by atoms with Crippen molar-refractivity contribution in [3.63, 3.8) is 0 Å². The van der Waals surface area contributed by atoms with Crippen molar-refractivity contribution in [1.29, 1.82) is 0 Å². The Hall–Kier alpha value is -3.22. The number of rotatable bonds is 6. The maximum atomic E-state index is 12.9. The largest absolute Gasteiger partial charge is 0.305 e. The summed E-state index contributed by atoms with van der Waals surface area (Å²) < 4.78 is 3.10. The normalized spacial score (nSPS) is 14.2. The van der Waals surface area contributed by atoms with Crippen molar-refractivity contribution in [3.05, 3.63) is 70.3 Å². The van der Waals surface area contributed by atoms with Crippen LogP contribution in [0.4, 0.5) is 5.82 Å². The minimum Gasteiger partial charge on any atom is -0.305 e. The Kier molecular flexibility index (Phi) is 5.55. The fraction of sp³-hybridized carbons (Fsp3) is 0.364. The van der Waals surface area contributed by atoms with E-state index >= 15 is 0 Å². The summed E-state index contributed by atoms with van der Waals surface area (Å²) >= 11 is 0. The molecule has 1 saturated carbocycles. The molecule has 7 nitrogen and oxygen atoms in total. The predicted molar refractivity (Wildman–Crippen MR) is 112 cm³/mol. The molecule has 1 N–H and O–H groups in total. The molecule has 1 aliphatic rings. The van der Waals surface area contributed by atoms with Crippen LogP contribution in [0.2, 0.25) is 0 Å². The lowest BCUT2D eigenvalue weighted by atomic mass is 10.0. The van der Waals surface area contributed by atoms with Crippen LogP contribution in [-0.2, 0) is 6.54 Å². The average Bonchev–Trinajstić information content (AvgIpc) is 3.40. The highest BCUT2D eigenvalue weighted by atomic mass is 16.2. The second-order valence-electron chi connectivity index (χ2n) is 7.42. The molecule has 4 rings (SSSR count). The Morgan fingerprint density at radius 1 is 1.10 bits per heavy atom. The van der Waals surface area contributed by atoms with Crippen LogP contribution in [0, 0.1) is 0 Å². The highest BCUT2D eigenvalue weighted by Crippen LogP contribution is 2.35. The lowest BCUT2D eigenvalue weighted by molar-refractivity contribution is 0.101. The molecule has 0 aliphatic heterocycles. The fourth-order valence-corrected chi connectivity index (χ4v) is 3.80. The molecule has 29 heavy (non-hydrogen) atoms. The molecular weight excluding hydrogens is 366 g/mol. The van der Waals surface area contributed by atoms with E-state index in [9.17, 15) is 9.59 Å². The van der Waals surface area contributed by atoms with Crippen molar-refractivity contribution in [2.75, 3.05) is 5.32 Å². The average molecular weight is 391 g/mol. The van der Waals surface area contributed by atoms with Gasteiger partial charge in [-0.2, -0.15) is 10.2 Å². The number of amides is 1. The van der Waals surface area contributed by atoms with Crippen molar-refractivity contribution in [2.45, 2.75) is 51.5 Å². The van der Waals surface area contributed by atoms with E-state index in [1.54, 1.807) is 4.68 Å². The van der Waals surface area contributed by atoms with Gasteiger partial charge in [-0.1, -0.05) is 38.0 Å². The number of hydrogen-bond donors (Lipinski definition) is 1. The van der Waals surface area contributed by atoms with Crippen molar-refractivity contribution < 1.29 is 4.79 Å². The molecule has 0 atom stereocenters. The maximum Gasteiger partial charge on any atom is 0.277 e. The molecule has 3 aromatic rings. The summed E-state index contributed by atoms with van der Waals surface area (Å²) in [4.78, 5) is 24.8. The summed E-state index contributed by atoms with van der Waals surface area (Å²) in [5.74, 6) is 0.684. The number of aromatic nitrogens is 4. The zero-order chi connectivity index (χ0) is 20.2. The van der Waals surface area contributed by atoms with Gasteiger partial charge >= 0.3 is 0 Å². The number of hydrogen-bond acceptors (Lipinski definition) is 4. The molecule has 1 fully saturated rings.